The molecule has 2 N–H and O–H groups in total. The highest BCUT2D eigenvalue weighted by atomic mass is 35.5. The molecule has 0 aliphatic heterocycles. The van der Waals surface area contributed by atoms with Crippen molar-refractivity contribution < 1.29 is 0 Å². The van der Waals surface area contributed by atoms with Crippen molar-refractivity contribution in [3.63, 3.8) is 0 Å². The number of hydrogen-bond acceptors (Lipinski definition) is 2. The smallest absolute Gasteiger partial charge is 0.0406 e. The highest BCUT2D eigenvalue weighted by Gasteiger charge is 2.24. The molecule has 2 nitrogen and oxygen atoms in total. The fourth-order valence-electron chi connectivity index (χ4n) is 2.45. The number of benzene rings is 1. The molecule has 1 aromatic rings. The number of hydrogen-bond donors (Lipinski definition) is 1. The van der Waals surface area contributed by atoms with Gasteiger partial charge in [0.2, 0.25) is 0 Å². The van der Waals surface area contributed by atoms with Crippen molar-refractivity contribution in [3.05, 3.63) is 34.9 Å². The lowest BCUT2D eigenvalue weighted by molar-refractivity contribution is 0.135. The molecule has 0 fully saturated rings. The summed E-state index contributed by atoms with van der Waals surface area (Å²) in [6.07, 6.45) is 1.09. The van der Waals surface area contributed by atoms with Gasteiger partial charge < -0.3 is 5.73 Å². The van der Waals surface area contributed by atoms with Crippen molar-refractivity contribution in [3.8, 4) is 0 Å². The van der Waals surface area contributed by atoms with E-state index in [-0.39, 0.29) is 5.41 Å². The Morgan fingerprint density at radius 1 is 1.21 bits per heavy atom. The third-order valence-electron chi connectivity index (χ3n) is 3.67. The van der Waals surface area contributed by atoms with Crippen LogP contribution >= 0.6 is 11.6 Å². The fraction of sp³-hybridized carbons (Fsp3) is 0.625. The Hall–Kier alpha value is -0.570. The molecule has 0 aromatic heterocycles. The average molecular weight is 283 g/mol. The summed E-state index contributed by atoms with van der Waals surface area (Å²) in [6.45, 7) is 11.7. The zero-order valence-electron chi connectivity index (χ0n) is 12.6. The molecule has 0 saturated carbocycles. The summed E-state index contributed by atoms with van der Waals surface area (Å²) in [5.74, 6) is 0. The summed E-state index contributed by atoms with van der Waals surface area (Å²) in [7, 11) is 0. The SMILES string of the molecule is CCC(c1ccc(Cl)cc1)N(CC)CC(C)(C)CN. The highest BCUT2D eigenvalue weighted by Crippen LogP contribution is 2.28. The summed E-state index contributed by atoms with van der Waals surface area (Å²) in [6, 6.07) is 8.65. The lowest BCUT2D eigenvalue weighted by Crippen LogP contribution is -2.40. The van der Waals surface area contributed by atoms with E-state index in [1.807, 2.05) is 12.1 Å². The minimum absolute atomic E-state index is 0.149. The van der Waals surface area contributed by atoms with Gasteiger partial charge in [0.05, 0.1) is 0 Å². The third kappa shape index (κ3) is 4.79. The minimum atomic E-state index is 0.149. The maximum Gasteiger partial charge on any atom is 0.0406 e. The molecule has 0 radical (unpaired) electrons. The van der Waals surface area contributed by atoms with Gasteiger partial charge in [-0.3, -0.25) is 4.90 Å². The lowest BCUT2D eigenvalue weighted by atomic mass is 9.91. The molecule has 0 aliphatic rings. The van der Waals surface area contributed by atoms with E-state index in [2.05, 4.69) is 44.7 Å². The largest absolute Gasteiger partial charge is 0.330 e. The van der Waals surface area contributed by atoms with Crippen molar-refractivity contribution in [1.29, 1.82) is 0 Å². The van der Waals surface area contributed by atoms with E-state index in [1.165, 1.54) is 5.56 Å². The summed E-state index contributed by atoms with van der Waals surface area (Å²) in [5, 5.41) is 0.795. The molecule has 0 bridgehead atoms. The molecule has 1 rings (SSSR count). The van der Waals surface area contributed by atoms with E-state index < -0.39 is 0 Å². The monoisotopic (exact) mass is 282 g/mol. The molecule has 0 spiro atoms. The molecular weight excluding hydrogens is 256 g/mol. The van der Waals surface area contributed by atoms with Crippen LogP contribution in [0.3, 0.4) is 0 Å². The molecule has 1 atom stereocenters. The number of nitrogens with two attached hydrogens (primary N) is 1. The van der Waals surface area contributed by atoms with Crippen LogP contribution in [0.5, 0.6) is 0 Å². The quantitative estimate of drug-likeness (QED) is 0.816. The zero-order chi connectivity index (χ0) is 14.5. The molecular formula is C16H27ClN2. The molecule has 0 heterocycles. The van der Waals surface area contributed by atoms with Crippen molar-refractivity contribution in [2.24, 2.45) is 11.1 Å². The van der Waals surface area contributed by atoms with Crippen LogP contribution in [-0.2, 0) is 0 Å². The Balaban J connectivity index is 2.89. The zero-order valence-corrected chi connectivity index (χ0v) is 13.4. The predicted molar refractivity (Wildman–Crippen MR) is 84.6 cm³/mol. The second-order valence-electron chi connectivity index (χ2n) is 5.91. The molecule has 1 aromatic carbocycles. The molecule has 1 unspecified atom stereocenters. The van der Waals surface area contributed by atoms with Crippen molar-refractivity contribution in [1.82, 2.24) is 4.90 Å². The van der Waals surface area contributed by atoms with Gasteiger partial charge in [-0.2, -0.15) is 0 Å². The van der Waals surface area contributed by atoms with E-state index >= 15 is 0 Å². The van der Waals surface area contributed by atoms with Gasteiger partial charge in [-0.25, -0.2) is 0 Å². The van der Waals surface area contributed by atoms with E-state index in [0.717, 1.165) is 24.5 Å². The van der Waals surface area contributed by atoms with Crippen LogP contribution in [0.25, 0.3) is 0 Å². The first-order valence-electron chi connectivity index (χ1n) is 7.13. The second kappa shape index (κ2) is 7.28. The third-order valence-corrected chi connectivity index (χ3v) is 3.92. The molecule has 0 aliphatic carbocycles. The van der Waals surface area contributed by atoms with Gasteiger partial charge in [0.1, 0.15) is 0 Å². The molecule has 19 heavy (non-hydrogen) atoms. The minimum Gasteiger partial charge on any atom is -0.330 e. The van der Waals surface area contributed by atoms with Gasteiger partial charge in [0.25, 0.3) is 0 Å². The van der Waals surface area contributed by atoms with Crippen LogP contribution in [0.2, 0.25) is 5.02 Å². The van der Waals surface area contributed by atoms with Gasteiger partial charge in [-0.15, -0.1) is 0 Å². The normalized spacial score (nSPS) is 13.8. The number of rotatable bonds is 7. The summed E-state index contributed by atoms with van der Waals surface area (Å²) < 4.78 is 0. The van der Waals surface area contributed by atoms with Gasteiger partial charge in [0, 0.05) is 17.6 Å². The summed E-state index contributed by atoms with van der Waals surface area (Å²) >= 11 is 5.97. The number of nitrogens with zero attached hydrogens (tertiary/aromatic N) is 1. The second-order valence-corrected chi connectivity index (χ2v) is 6.34. The predicted octanol–water partition coefficient (Wildman–Crippen LogP) is 4.10. The maximum atomic E-state index is 5.97. The van der Waals surface area contributed by atoms with Crippen LogP contribution in [-0.4, -0.2) is 24.5 Å². The first kappa shape index (κ1) is 16.5. The molecule has 0 amide bonds. The van der Waals surface area contributed by atoms with E-state index in [1.54, 1.807) is 0 Å². The summed E-state index contributed by atoms with van der Waals surface area (Å²) in [4.78, 5) is 2.51. The maximum absolute atomic E-state index is 5.97. The van der Waals surface area contributed by atoms with Crippen LogP contribution in [0.4, 0.5) is 0 Å². The number of halogens is 1. The van der Waals surface area contributed by atoms with E-state index in [9.17, 15) is 0 Å². The fourth-order valence-corrected chi connectivity index (χ4v) is 2.57. The van der Waals surface area contributed by atoms with Gasteiger partial charge >= 0.3 is 0 Å². The average Bonchev–Trinajstić information content (AvgIpc) is 2.40. The molecule has 3 heteroatoms. The van der Waals surface area contributed by atoms with Gasteiger partial charge in [-0.05, 0) is 42.6 Å². The van der Waals surface area contributed by atoms with Crippen molar-refractivity contribution in [2.75, 3.05) is 19.6 Å². The lowest BCUT2D eigenvalue weighted by Gasteiger charge is -2.36. The first-order valence-corrected chi connectivity index (χ1v) is 7.51. The van der Waals surface area contributed by atoms with Crippen LogP contribution < -0.4 is 5.73 Å². The van der Waals surface area contributed by atoms with Crippen molar-refractivity contribution >= 4 is 11.6 Å². The Bertz CT molecular complexity index is 373. The van der Waals surface area contributed by atoms with Crippen LogP contribution in [0.1, 0.15) is 45.7 Å². The topological polar surface area (TPSA) is 29.3 Å². The van der Waals surface area contributed by atoms with E-state index in [0.29, 0.717) is 12.6 Å². The molecule has 0 saturated heterocycles. The van der Waals surface area contributed by atoms with Gasteiger partial charge in [0.15, 0.2) is 0 Å². The first-order chi connectivity index (χ1) is 8.93. The van der Waals surface area contributed by atoms with Crippen LogP contribution in [0.15, 0.2) is 24.3 Å². The van der Waals surface area contributed by atoms with E-state index in [4.69, 9.17) is 17.3 Å². The Kier molecular flexibility index (Phi) is 6.31. The van der Waals surface area contributed by atoms with Gasteiger partial charge in [-0.1, -0.05) is 51.4 Å². The van der Waals surface area contributed by atoms with Crippen molar-refractivity contribution in [2.45, 2.75) is 40.2 Å². The summed E-state index contributed by atoms with van der Waals surface area (Å²) in [5.41, 5.74) is 7.35. The Morgan fingerprint density at radius 2 is 1.79 bits per heavy atom. The Labute approximate surface area is 122 Å². The standard InChI is InChI=1S/C16H27ClN2/c1-5-15(13-7-9-14(17)10-8-13)19(6-2)12-16(3,4)11-18/h7-10,15H,5-6,11-12,18H2,1-4H3. The molecule has 108 valence electrons. The highest BCUT2D eigenvalue weighted by molar-refractivity contribution is 6.30. The Morgan fingerprint density at radius 3 is 2.21 bits per heavy atom. The van der Waals surface area contributed by atoms with Crippen LogP contribution in [0, 0.1) is 5.41 Å².